The summed E-state index contributed by atoms with van der Waals surface area (Å²) in [6, 6.07) is 0. The predicted octanol–water partition coefficient (Wildman–Crippen LogP) is 3.40. The van der Waals surface area contributed by atoms with Crippen LogP contribution in [0.5, 0.6) is 0 Å². The van der Waals surface area contributed by atoms with E-state index in [2.05, 4.69) is 26.0 Å². The minimum atomic E-state index is -4.41. The molecule has 0 spiro atoms. The summed E-state index contributed by atoms with van der Waals surface area (Å²) in [5.41, 5.74) is -0.422. The van der Waals surface area contributed by atoms with Crippen LogP contribution < -0.4 is 10.5 Å². The van der Waals surface area contributed by atoms with Crippen molar-refractivity contribution >= 4 is 33.0 Å². The Labute approximate surface area is 148 Å². The lowest BCUT2D eigenvalue weighted by Crippen LogP contribution is -2.36. The van der Waals surface area contributed by atoms with Crippen molar-refractivity contribution in [3.63, 3.8) is 0 Å². The van der Waals surface area contributed by atoms with E-state index in [0.29, 0.717) is 21.7 Å². The molecule has 1 atom stereocenters. The zero-order chi connectivity index (χ0) is 17.5. The van der Waals surface area contributed by atoms with Gasteiger partial charge in [0.1, 0.15) is 4.47 Å². The van der Waals surface area contributed by atoms with Gasteiger partial charge in [0.2, 0.25) is 0 Å². The van der Waals surface area contributed by atoms with Crippen molar-refractivity contribution < 1.29 is 13.2 Å². The van der Waals surface area contributed by atoms with Crippen LogP contribution in [0.25, 0.3) is 0 Å². The molecular formula is C14H14BrF3N4OS. The molecule has 3 heterocycles. The molecule has 0 saturated carbocycles. The van der Waals surface area contributed by atoms with Gasteiger partial charge in [0, 0.05) is 31.4 Å². The van der Waals surface area contributed by atoms with Gasteiger partial charge >= 0.3 is 6.18 Å². The largest absolute Gasteiger partial charge is 0.434 e. The van der Waals surface area contributed by atoms with Gasteiger partial charge in [-0.15, -0.1) is 11.3 Å². The molecule has 130 valence electrons. The van der Waals surface area contributed by atoms with Crippen molar-refractivity contribution in [2.45, 2.75) is 24.9 Å². The lowest BCUT2D eigenvalue weighted by atomic mass is 9.98. The number of aromatic nitrogens is 3. The second-order valence-electron chi connectivity index (χ2n) is 5.63. The third-order valence-electron chi connectivity index (χ3n) is 3.98. The first-order chi connectivity index (χ1) is 11.3. The highest BCUT2D eigenvalue weighted by Gasteiger charge is 2.35. The van der Waals surface area contributed by atoms with Crippen molar-refractivity contribution in [1.82, 2.24) is 14.8 Å². The van der Waals surface area contributed by atoms with Crippen LogP contribution in [0.4, 0.5) is 18.9 Å². The van der Waals surface area contributed by atoms with E-state index in [0.717, 1.165) is 36.1 Å². The zero-order valence-electron chi connectivity index (χ0n) is 12.7. The van der Waals surface area contributed by atoms with Crippen LogP contribution in [0, 0.1) is 0 Å². The van der Waals surface area contributed by atoms with Gasteiger partial charge in [-0.25, -0.2) is 9.67 Å². The van der Waals surface area contributed by atoms with Gasteiger partial charge in [-0.2, -0.15) is 18.3 Å². The lowest BCUT2D eigenvalue weighted by Gasteiger charge is -2.33. The number of aryl methyl sites for hydroxylation is 1. The normalized spacial score (nSPS) is 18.9. The molecule has 2 aromatic rings. The first kappa shape index (κ1) is 17.4. The number of anilines is 1. The molecule has 1 fully saturated rings. The monoisotopic (exact) mass is 422 g/mol. The van der Waals surface area contributed by atoms with Gasteiger partial charge in [0.15, 0.2) is 5.69 Å². The maximum absolute atomic E-state index is 12.7. The smallest absolute Gasteiger partial charge is 0.368 e. The minimum absolute atomic E-state index is 0.0872. The number of hydrogen-bond acceptors (Lipinski definition) is 5. The Morgan fingerprint density at radius 1 is 1.42 bits per heavy atom. The van der Waals surface area contributed by atoms with Crippen LogP contribution in [0.3, 0.4) is 0 Å². The Hall–Kier alpha value is -1.42. The molecule has 0 aromatic carbocycles. The van der Waals surface area contributed by atoms with E-state index >= 15 is 0 Å². The first-order valence-corrected chi connectivity index (χ1v) is 8.94. The number of piperidine rings is 1. The average molecular weight is 423 g/mol. The molecular weight excluding hydrogens is 409 g/mol. The number of alkyl halides is 3. The fourth-order valence-electron chi connectivity index (χ4n) is 2.73. The molecule has 1 aliphatic rings. The molecule has 0 N–H and O–H groups in total. The van der Waals surface area contributed by atoms with Gasteiger partial charge in [-0.1, -0.05) is 0 Å². The maximum atomic E-state index is 12.7. The molecule has 5 nitrogen and oxygen atoms in total. The topological polar surface area (TPSA) is 51.0 Å². The fourth-order valence-corrected chi connectivity index (χ4v) is 4.29. The number of nitrogens with zero attached hydrogens (tertiary/aromatic N) is 4. The summed E-state index contributed by atoms with van der Waals surface area (Å²) in [6.07, 6.45) is -1.23. The third-order valence-corrected chi connectivity index (χ3v) is 5.74. The Kier molecular flexibility index (Phi) is 4.69. The Morgan fingerprint density at radius 2 is 2.17 bits per heavy atom. The molecule has 2 aromatic heterocycles. The van der Waals surface area contributed by atoms with Crippen LogP contribution in [-0.4, -0.2) is 27.9 Å². The van der Waals surface area contributed by atoms with Gasteiger partial charge < -0.3 is 4.90 Å². The molecule has 0 bridgehead atoms. The van der Waals surface area contributed by atoms with Crippen molar-refractivity contribution in [2.75, 3.05) is 18.0 Å². The van der Waals surface area contributed by atoms with Crippen LogP contribution in [0.1, 0.15) is 29.5 Å². The first-order valence-electron chi connectivity index (χ1n) is 7.26. The van der Waals surface area contributed by atoms with E-state index in [1.807, 2.05) is 4.90 Å². The SMILES string of the molecule is Cn1ncc(N2CCCC(c3nc(C(F)(F)F)cs3)C2)c(Br)c1=O. The number of hydrogen-bond donors (Lipinski definition) is 0. The number of halogens is 4. The average Bonchev–Trinajstić information content (AvgIpc) is 3.03. The summed E-state index contributed by atoms with van der Waals surface area (Å²) < 4.78 is 39.8. The molecule has 24 heavy (non-hydrogen) atoms. The summed E-state index contributed by atoms with van der Waals surface area (Å²) in [5, 5.41) is 5.57. The van der Waals surface area contributed by atoms with Crippen molar-refractivity contribution in [1.29, 1.82) is 0 Å². The molecule has 10 heteroatoms. The van der Waals surface area contributed by atoms with Gasteiger partial charge in [-0.3, -0.25) is 4.79 Å². The summed E-state index contributed by atoms with van der Waals surface area (Å²) in [5.74, 6) is -0.0872. The third kappa shape index (κ3) is 3.34. The Morgan fingerprint density at radius 3 is 2.83 bits per heavy atom. The summed E-state index contributed by atoms with van der Waals surface area (Å²) in [4.78, 5) is 17.7. The molecule has 0 aliphatic carbocycles. The highest BCUT2D eigenvalue weighted by atomic mass is 79.9. The highest BCUT2D eigenvalue weighted by molar-refractivity contribution is 9.10. The fraction of sp³-hybridized carbons (Fsp3) is 0.500. The van der Waals surface area contributed by atoms with Crippen LogP contribution >= 0.6 is 27.3 Å². The molecule has 1 saturated heterocycles. The van der Waals surface area contributed by atoms with Gasteiger partial charge in [0.05, 0.1) is 16.9 Å². The number of thiazole rings is 1. The van der Waals surface area contributed by atoms with Gasteiger partial charge in [0.25, 0.3) is 5.56 Å². The molecule has 1 unspecified atom stereocenters. The Bertz CT molecular complexity index is 804. The van der Waals surface area contributed by atoms with Crippen LogP contribution in [0.2, 0.25) is 0 Å². The minimum Gasteiger partial charge on any atom is -0.368 e. The maximum Gasteiger partial charge on any atom is 0.434 e. The van der Waals surface area contributed by atoms with E-state index < -0.39 is 11.9 Å². The van der Waals surface area contributed by atoms with Crippen LogP contribution in [-0.2, 0) is 13.2 Å². The molecule has 3 rings (SSSR count). The van der Waals surface area contributed by atoms with E-state index in [1.165, 1.54) is 4.68 Å². The summed E-state index contributed by atoms with van der Waals surface area (Å²) in [6.45, 7) is 1.24. The second-order valence-corrected chi connectivity index (χ2v) is 7.31. The van der Waals surface area contributed by atoms with Crippen molar-refractivity contribution in [2.24, 2.45) is 7.05 Å². The summed E-state index contributed by atoms with van der Waals surface area (Å²) in [7, 11) is 1.56. The zero-order valence-corrected chi connectivity index (χ0v) is 15.1. The van der Waals surface area contributed by atoms with E-state index in [4.69, 9.17) is 0 Å². The van der Waals surface area contributed by atoms with E-state index in [1.54, 1.807) is 13.2 Å². The lowest BCUT2D eigenvalue weighted by molar-refractivity contribution is -0.140. The standard InChI is InChI=1S/C14H14BrF3N4OS/c1-21-13(23)11(15)9(5-19-21)22-4-2-3-8(6-22)12-20-10(7-24-12)14(16,17)18/h5,7-8H,2-4,6H2,1H3. The summed E-state index contributed by atoms with van der Waals surface area (Å²) >= 11 is 4.34. The van der Waals surface area contributed by atoms with E-state index in [9.17, 15) is 18.0 Å². The van der Waals surface area contributed by atoms with Crippen molar-refractivity contribution in [3.8, 4) is 0 Å². The molecule has 0 radical (unpaired) electrons. The Balaban J connectivity index is 1.84. The molecule has 0 amide bonds. The van der Waals surface area contributed by atoms with Crippen molar-refractivity contribution in [3.05, 3.63) is 37.1 Å². The van der Waals surface area contributed by atoms with Gasteiger partial charge in [-0.05, 0) is 28.8 Å². The highest BCUT2D eigenvalue weighted by Crippen LogP contribution is 2.36. The molecule has 1 aliphatic heterocycles. The predicted molar refractivity (Wildman–Crippen MR) is 88.5 cm³/mol. The van der Waals surface area contributed by atoms with E-state index in [-0.39, 0.29) is 11.5 Å². The van der Waals surface area contributed by atoms with Crippen LogP contribution in [0.15, 0.2) is 20.8 Å². The second kappa shape index (κ2) is 6.47. The quantitative estimate of drug-likeness (QED) is 0.743. The number of rotatable bonds is 2.